The van der Waals surface area contributed by atoms with Gasteiger partial charge in [-0.25, -0.2) is 8.78 Å². The first-order chi connectivity index (χ1) is 18.0. The number of ether oxygens (including phenoxy) is 1. The topological polar surface area (TPSA) is 151 Å². The average molecular weight is 543 g/mol. The van der Waals surface area contributed by atoms with Gasteiger partial charge in [-0.1, -0.05) is 17.7 Å². The molecule has 0 saturated carbocycles. The molecular weight excluding hydrogens is 518 g/mol. The SMILES string of the molecule is CO.Cc1ccc(NC(=O)C(=O)NCC(=O)NC(CCC=O)C(=O)COc2c(F)c(F)cc(F)c2F)cc1. The molecule has 10 nitrogen and oxygen atoms in total. The van der Waals surface area contributed by atoms with Crippen molar-refractivity contribution in [3.05, 3.63) is 59.2 Å². The van der Waals surface area contributed by atoms with Crippen LogP contribution in [0.4, 0.5) is 23.2 Å². The molecule has 0 heterocycles. The lowest BCUT2D eigenvalue weighted by atomic mass is 10.1. The molecule has 2 aromatic rings. The molecule has 3 amide bonds. The van der Waals surface area contributed by atoms with Crippen molar-refractivity contribution in [2.24, 2.45) is 0 Å². The van der Waals surface area contributed by atoms with Crippen molar-refractivity contribution in [3.8, 4) is 5.75 Å². The molecule has 1 atom stereocenters. The van der Waals surface area contributed by atoms with Gasteiger partial charge in [0.2, 0.25) is 17.5 Å². The summed E-state index contributed by atoms with van der Waals surface area (Å²) in [5.74, 6) is -12.8. The number of carbonyl (C=O) groups excluding carboxylic acids is 5. The molecule has 0 fully saturated rings. The van der Waals surface area contributed by atoms with Crippen LogP contribution in [0.3, 0.4) is 0 Å². The van der Waals surface area contributed by atoms with Crippen molar-refractivity contribution in [1.82, 2.24) is 10.6 Å². The molecule has 0 aliphatic carbocycles. The number of halogens is 4. The maximum Gasteiger partial charge on any atom is 0.313 e. The van der Waals surface area contributed by atoms with Crippen molar-refractivity contribution >= 4 is 35.5 Å². The molecule has 0 radical (unpaired) electrons. The van der Waals surface area contributed by atoms with Crippen molar-refractivity contribution in [3.63, 3.8) is 0 Å². The van der Waals surface area contributed by atoms with Gasteiger partial charge >= 0.3 is 11.8 Å². The number of aryl methyl sites for hydroxylation is 1. The van der Waals surface area contributed by atoms with Crippen LogP contribution in [-0.4, -0.2) is 61.2 Å². The van der Waals surface area contributed by atoms with E-state index in [1.54, 1.807) is 24.3 Å². The predicted molar refractivity (Wildman–Crippen MR) is 125 cm³/mol. The van der Waals surface area contributed by atoms with E-state index in [0.717, 1.165) is 12.7 Å². The zero-order valence-corrected chi connectivity index (χ0v) is 20.3. The Bertz CT molecular complexity index is 1130. The Balaban J connectivity index is 0.00000352. The number of Topliss-reactive ketones (excluding diaryl/α,β-unsaturated/α-hetero) is 1. The van der Waals surface area contributed by atoms with Crippen molar-refractivity contribution < 1.29 is 51.4 Å². The lowest BCUT2D eigenvalue weighted by molar-refractivity contribution is -0.137. The summed E-state index contributed by atoms with van der Waals surface area (Å²) in [6, 6.07) is 5.08. The zero-order valence-electron chi connectivity index (χ0n) is 20.3. The van der Waals surface area contributed by atoms with E-state index in [9.17, 15) is 41.5 Å². The van der Waals surface area contributed by atoms with Gasteiger partial charge in [0.15, 0.2) is 23.2 Å². The Morgan fingerprint density at radius 3 is 2.11 bits per heavy atom. The Morgan fingerprint density at radius 1 is 0.974 bits per heavy atom. The minimum absolute atomic E-state index is 0.0399. The van der Waals surface area contributed by atoms with Crippen LogP contribution in [0.25, 0.3) is 0 Å². The van der Waals surface area contributed by atoms with Gasteiger partial charge in [-0.3, -0.25) is 19.2 Å². The van der Waals surface area contributed by atoms with Gasteiger partial charge in [-0.2, -0.15) is 8.78 Å². The lowest BCUT2D eigenvalue weighted by Gasteiger charge is -2.18. The van der Waals surface area contributed by atoms with Crippen LogP contribution in [0.2, 0.25) is 0 Å². The maximum atomic E-state index is 13.7. The van der Waals surface area contributed by atoms with Gasteiger partial charge in [-0.15, -0.1) is 0 Å². The Kier molecular flexibility index (Phi) is 13.1. The fourth-order valence-corrected chi connectivity index (χ4v) is 2.78. The second kappa shape index (κ2) is 15.7. The summed E-state index contributed by atoms with van der Waals surface area (Å²) in [4.78, 5) is 59.1. The summed E-state index contributed by atoms with van der Waals surface area (Å²) >= 11 is 0. The molecular formula is C24H25F4N3O7. The molecule has 0 bridgehead atoms. The van der Waals surface area contributed by atoms with E-state index in [2.05, 4.69) is 15.4 Å². The molecule has 0 spiro atoms. The third-order valence-electron chi connectivity index (χ3n) is 4.65. The normalized spacial score (nSPS) is 10.8. The van der Waals surface area contributed by atoms with Crippen LogP contribution in [0, 0.1) is 30.2 Å². The van der Waals surface area contributed by atoms with Gasteiger partial charge in [0.05, 0.1) is 12.6 Å². The second-order valence-corrected chi connectivity index (χ2v) is 7.42. The third-order valence-corrected chi connectivity index (χ3v) is 4.65. The largest absolute Gasteiger partial charge is 0.479 e. The summed E-state index contributed by atoms with van der Waals surface area (Å²) in [6.07, 6.45) is -0.0210. The van der Waals surface area contributed by atoms with Crippen LogP contribution >= 0.6 is 0 Å². The Labute approximate surface area is 214 Å². The van der Waals surface area contributed by atoms with E-state index in [4.69, 9.17) is 5.11 Å². The predicted octanol–water partition coefficient (Wildman–Crippen LogP) is 1.33. The van der Waals surface area contributed by atoms with E-state index in [1.165, 1.54) is 0 Å². The molecule has 1 unspecified atom stereocenters. The zero-order chi connectivity index (χ0) is 28.8. The first-order valence-corrected chi connectivity index (χ1v) is 10.9. The number of carbonyl (C=O) groups is 5. The maximum absolute atomic E-state index is 13.7. The molecule has 4 N–H and O–H groups in total. The minimum atomic E-state index is -1.86. The number of hydrogen-bond donors (Lipinski definition) is 4. The first-order valence-electron chi connectivity index (χ1n) is 10.9. The second-order valence-electron chi connectivity index (χ2n) is 7.42. The number of ketones is 1. The van der Waals surface area contributed by atoms with E-state index in [0.29, 0.717) is 12.0 Å². The van der Waals surface area contributed by atoms with Crippen LogP contribution in [-0.2, 0) is 24.0 Å². The smallest absolute Gasteiger partial charge is 0.313 e. The average Bonchev–Trinajstić information content (AvgIpc) is 2.90. The highest BCUT2D eigenvalue weighted by molar-refractivity contribution is 6.39. The number of aliphatic hydroxyl groups excluding tert-OH is 1. The Morgan fingerprint density at radius 2 is 1.55 bits per heavy atom. The van der Waals surface area contributed by atoms with E-state index < -0.39 is 71.7 Å². The molecule has 2 rings (SSSR count). The molecule has 0 aromatic heterocycles. The summed E-state index contributed by atoms with van der Waals surface area (Å²) in [5.41, 5.74) is 1.27. The fraction of sp³-hybridized carbons (Fsp3) is 0.292. The molecule has 38 heavy (non-hydrogen) atoms. The third kappa shape index (κ3) is 9.61. The molecule has 0 aliphatic rings. The first kappa shape index (κ1) is 31.7. The van der Waals surface area contributed by atoms with E-state index in [-0.39, 0.29) is 18.9 Å². The molecule has 0 saturated heterocycles. The van der Waals surface area contributed by atoms with E-state index >= 15 is 0 Å². The number of aldehydes is 1. The van der Waals surface area contributed by atoms with Crippen LogP contribution in [0.1, 0.15) is 18.4 Å². The van der Waals surface area contributed by atoms with Crippen LogP contribution in [0.5, 0.6) is 5.75 Å². The highest BCUT2D eigenvalue weighted by Crippen LogP contribution is 2.26. The highest BCUT2D eigenvalue weighted by atomic mass is 19.2. The minimum Gasteiger partial charge on any atom is -0.479 e. The van der Waals surface area contributed by atoms with Gasteiger partial charge in [-0.05, 0) is 25.5 Å². The lowest BCUT2D eigenvalue weighted by Crippen LogP contribution is -2.48. The highest BCUT2D eigenvalue weighted by Gasteiger charge is 2.25. The van der Waals surface area contributed by atoms with Gasteiger partial charge in [0, 0.05) is 25.3 Å². The summed E-state index contributed by atoms with van der Waals surface area (Å²) < 4.78 is 58.5. The monoisotopic (exact) mass is 543 g/mol. The molecule has 2 aromatic carbocycles. The number of rotatable bonds is 11. The number of aliphatic hydroxyl groups is 1. The standard InChI is InChI=1S/C23H21F4N3O6.CH4O/c1-12-4-6-13(7-5-12)29-23(35)22(34)28-10-18(33)30-16(3-2-8-31)17(32)11-36-21-19(26)14(24)9-15(25)20(21)27;1-2/h4-9,16H,2-3,10-11H2,1H3,(H,28,34)(H,29,35)(H,30,33);2H,1H3. The summed E-state index contributed by atoms with van der Waals surface area (Å²) in [7, 11) is 1.00. The van der Waals surface area contributed by atoms with Gasteiger partial charge in [0.1, 0.15) is 12.9 Å². The molecule has 206 valence electrons. The molecule has 0 aliphatic heterocycles. The summed E-state index contributed by atoms with van der Waals surface area (Å²) in [6.45, 7) is -0.00981. The molecule has 14 heteroatoms. The number of hydrogen-bond acceptors (Lipinski definition) is 7. The number of benzene rings is 2. The van der Waals surface area contributed by atoms with E-state index in [1.807, 2.05) is 12.2 Å². The fourth-order valence-electron chi connectivity index (χ4n) is 2.78. The van der Waals surface area contributed by atoms with Crippen LogP contribution in [0.15, 0.2) is 30.3 Å². The number of amides is 3. The van der Waals surface area contributed by atoms with Crippen molar-refractivity contribution in [1.29, 1.82) is 0 Å². The van der Waals surface area contributed by atoms with Gasteiger partial charge < -0.3 is 30.6 Å². The number of nitrogens with one attached hydrogen (secondary N) is 3. The Hall–Kier alpha value is -4.33. The van der Waals surface area contributed by atoms with Gasteiger partial charge in [0.25, 0.3) is 0 Å². The summed E-state index contributed by atoms with van der Waals surface area (Å²) in [5, 5.41) is 13.5. The number of anilines is 1. The van der Waals surface area contributed by atoms with Crippen LogP contribution < -0.4 is 20.7 Å². The van der Waals surface area contributed by atoms with Crippen molar-refractivity contribution in [2.45, 2.75) is 25.8 Å². The quantitative estimate of drug-likeness (QED) is 0.145. The van der Waals surface area contributed by atoms with Crippen molar-refractivity contribution in [2.75, 3.05) is 25.6 Å².